The summed E-state index contributed by atoms with van der Waals surface area (Å²) in [7, 11) is 22.6. The van der Waals surface area contributed by atoms with Gasteiger partial charge in [0.15, 0.2) is 86.8 Å². The molecule has 20 nitrogen and oxygen atoms in total. The predicted octanol–water partition coefficient (Wildman–Crippen LogP) is 15.6. The van der Waals surface area contributed by atoms with Crippen LogP contribution >= 0.6 is 51.5 Å². The Labute approximate surface area is 749 Å². The molecular formula is C95H106F6O20P6. The van der Waals surface area contributed by atoms with Gasteiger partial charge in [-0.1, -0.05) is 167 Å². The lowest BCUT2D eigenvalue weighted by atomic mass is 10.2. The van der Waals surface area contributed by atoms with Gasteiger partial charge in [-0.15, -0.1) is 0 Å². The number of hydrogen-bond acceptors (Lipinski definition) is 20. The molecule has 0 N–H and O–H groups in total. The molecule has 0 saturated carbocycles. The van der Waals surface area contributed by atoms with E-state index in [0.717, 1.165) is 54.3 Å². The first-order chi connectivity index (χ1) is 61.6. The number of ether oxygens (including phenoxy) is 20. The summed E-state index contributed by atoms with van der Waals surface area (Å²) in [5.74, 6) is 7.27. The van der Waals surface area contributed by atoms with Crippen molar-refractivity contribution >= 4 is 115 Å². The number of methoxy groups -OCH3 is 14. The lowest BCUT2D eigenvalue weighted by Crippen LogP contribution is -2.14. The van der Waals surface area contributed by atoms with Crippen molar-refractivity contribution in [1.29, 1.82) is 0 Å². The molecule has 0 amide bonds. The minimum absolute atomic E-state index is 0.0653. The second-order valence-corrected chi connectivity index (χ2v) is 34.1. The van der Waals surface area contributed by atoms with Crippen molar-refractivity contribution in [2.45, 2.75) is 20.8 Å². The summed E-state index contributed by atoms with van der Waals surface area (Å²) < 4.78 is 189. The maximum atomic E-state index is 14.2. The van der Waals surface area contributed by atoms with Gasteiger partial charge in [0, 0.05) is 118 Å². The maximum absolute atomic E-state index is 14.2. The van der Waals surface area contributed by atoms with E-state index < -0.39 is 0 Å². The maximum Gasteiger partial charge on any atom is 0.188 e. The SMILES string of the molecule is COCOc1c(OC)cc(OC)cc1Pc1ccc(C)cc1F.COCOc1c(OC)cc(OC)cc1Pc1ccccc1F.COCOc1c(OC)cccc1Pc1c(C)cccc1F.COCOc1c(OC)cccc1Pc1ccccc1F.COCOc1ccc(OC)cc1Pc1ccc(C)cc1F.COCOc1ccc(OC)cc1Pc1ccccc1F. The van der Waals surface area contributed by atoms with Crippen molar-refractivity contribution < 1.29 is 121 Å². The molecule has 0 spiro atoms. The Hall–Kier alpha value is -10.2. The normalized spacial score (nSPS) is 11.0. The summed E-state index contributed by atoms with van der Waals surface area (Å²) in [4.78, 5) is 0. The summed E-state index contributed by atoms with van der Waals surface area (Å²) in [5, 5.41) is 8.94. The van der Waals surface area contributed by atoms with Gasteiger partial charge in [-0.3, -0.25) is 0 Å². The van der Waals surface area contributed by atoms with E-state index >= 15 is 0 Å². The second-order valence-electron chi connectivity index (χ2n) is 26.2. The lowest BCUT2D eigenvalue weighted by Gasteiger charge is -2.16. The quantitative estimate of drug-likeness (QED) is 0.0202. The Balaban J connectivity index is 0.000000209. The van der Waals surface area contributed by atoms with Crippen LogP contribution in [0.15, 0.2) is 224 Å². The minimum Gasteiger partial charge on any atom is -0.497 e. The fourth-order valence-electron chi connectivity index (χ4n) is 11.2. The highest BCUT2D eigenvalue weighted by Crippen LogP contribution is 2.38. The summed E-state index contributed by atoms with van der Waals surface area (Å²) in [6, 6.07) is 64.9. The zero-order valence-corrected chi connectivity index (χ0v) is 79.5. The summed E-state index contributed by atoms with van der Waals surface area (Å²) in [5.41, 5.74) is 2.71. The Kier molecular flexibility index (Phi) is 46.5. The topological polar surface area (TPSA) is 185 Å². The Morgan fingerprint density at radius 2 is 0.496 bits per heavy atom. The summed E-state index contributed by atoms with van der Waals surface area (Å²) in [6.45, 7) is 6.34. The molecular weight excluding hydrogens is 1760 g/mol. The van der Waals surface area contributed by atoms with Crippen molar-refractivity contribution in [2.75, 3.05) is 140 Å². The molecule has 0 fully saturated rings. The van der Waals surface area contributed by atoms with E-state index in [9.17, 15) is 26.3 Å². The third-order valence-corrected chi connectivity index (χ3v) is 25.6. The van der Waals surface area contributed by atoms with Gasteiger partial charge >= 0.3 is 0 Å². The summed E-state index contributed by atoms with van der Waals surface area (Å²) >= 11 is 0. The average Bonchev–Trinajstić information content (AvgIpc) is 0.873. The van der Waals surface area contributed by atoms with Crippen LogP contribution < -0.4 is 130 Å². The molecule has 0 aliphatic carbocycles. The molecule has 0 aliphatic rings. The van der Waals surface area contributed by atoms with Gasteiger partial charge in [-0.2, -0.15) is 0 Å². The standard InChI is InChI=1S/C17H20FO4P.C16H18FO4P.2C16H18FO3P.2C15H16FO3P/c1-11-5-6-15(13(18)7-11)23-16-9-12(20-3)8-14(21-4)17(16)22-10-19-2;1-18-10-21-16-13(20-3)8-11(19-2)9-15(16)22-14-7-5-4-6-12(14)17;1-11-4-7-15(13(17)8-11)21-16-9-12(19-3)5-6-14(16)20-10-18-2;1-11-6-4-7-12(17)16(11)21-14-9-5-8-13(19-3)15(14)20-10-18-2;1-17-10-19-15-12(18-2)7-5-9-14(15)20-13-8-4-3-6-11(13)16;1-17-10-19-13-8-7-11(18-2)9-15(13)20-14-6-4-3-5-12(14)16/h5-9,23H,10H2,1-4H3;4-9,22H,10H2,1-3H3;2*4-9,21H,10H2,1-3H3;2*3-9,20H,10H2,1-2H3. The number of aryl methyl sites for hydroxylation is 3. The fraction of sp³-hybridized carbons (Fsp3) is 0.242. The Bertz CT molecular complexity index is 5310. The zero-order valence-electron chi connectivity index (χ0n) is 73.5. The number of halogens is 6. The van der Waals surface area contributed by atoms with Gasteiger partial charge in [-0.25, -0.2) is 26.3 Å². The first kappa shape index (κ1) is 104. The van der Waals surface area contributed by atoms with Crippen LogP contribution in [0.25, 0.3) is 0 Å². The van der Waals surface area contributed by atoms with Crippen LogP contribution in [0.2, 0.25) is 0 Å². The minimum atomic E-state index is -0.250. The van der Waals surface area contributed by atoms with Gasteiger partial charge in [0.25, 0.3) is 0 Å². The van der Waals surface area contributed by atoms with E-state index in [0.29, 0.717) is 107 Å². The first-order valence-electron chi connectivity index (χ1n) is 38.6. The van der Waals surface area contributed by atoms with Crippen LogP contribution in [0.3, 0.4) is 0 Å². The number of rotatable bonds is 38. The summed E-state index contributed by atoms with van der Waals surface area (Å²) in [6.07, 6.45) is 0. The van der Waals surface area contributed by atoms with E-state index in [4.69, 9.17) is 94.7 Å². The van der Waals surface area contributed by atoms with Crippen LogP contribution in [-0.2, 0) is 28.4 Å². The van der Waals surface area contributed by atoms with Crippen LogP contribution in [0.4, 0.5) is 26.3 Å². The number of para-hydroxylation sites is 2. The molecule has 0 saturated heterocycles. The van der Waals surface area contributed by atoms with Crippen LogP contribution in [0.5, 0.6) is 80.5 Å². The molecule has 12 aromatic rings. The van der Waals surface area contributed by atoms with Crippen molar-refractivity contribution in [1.82, 2.24) is 0 Å². The largest absolute Gasteiger partial charge is 0.497 e. The van der Waals surface area contributed by atoms with Crippen molar-refractivity contribution in [2.24, 2.45) is 0 Å². The molecule has 6 atom stereocenters. The van der Waals surface area contributed by atoms with E-state index in [1.165, 1.54) is 50.6 Å². The molecule has 0 aliphatic heterocycles. The highest BCUT2D eigenvalue weighted by atomic mass is 31.1. The van der Waals surface area contributed by atoms with Crippen LogP contribution in [-0.4, -0.2) is 140 Å². The second kappa shape index (κ2) is 56.8. The molecule has 12 rings (SSSR count). The monoisotopic (exact) mass is 1870 g/mol. The van der Waals surface area contributed by atoms with Gasteiger partial charge in [0.1, 0.15) is 69.4 Å². The molecule has 0 heterocycles. The van der Waals surface area contributed by atoms with Crippen LogP contribution in [0, 0.1) is 55.7 Å². The van der Waals surface area contributed by atoms with E-state index in [1.54, 1.807) is 170 Å². The van der Waals surface area contributed by atoms with Gasteiger partial charge in [0.2, 0.25) is 0 Å². The molecule has 32 heteroatoms. The molecule has 12 aromatic carbocycles. The van der Waals surface area contributed by atoms with E-state index in [-0.39, 0.29) is 127 Å². The molecule has 6 unspecified atom stereocenters. The smallest absolute Gasteiger partial charge is 0.188 e. The van der Waals surface area contributed by atoms with Crippen molar-refractivity contribution in [3.05, 3.63) is 276 Å². The number of benzene rings is 12. The lowest BCUT2D eigenvalue weighted by molar-refractivity contribution is 0.0498. The van der Waals surface area contributed by atoms with Crippen molar-refractivity contribution in [3.8, 4) is 80.5 Å². The molecule has 0 radical (unpaired) electrons. The van der Waals surface area contributed by atoms with Gasteiger partial charge in [0.05, 0.1) is 56.9 Å². The van der Waals surface area contributed by atoms with E-state index in [1.807, 2.05) is 124 Å². The van der Waals surface area contributed by atoms with Gasteiger partial charge in [-0.05, 0) is 135 Å². The number of hydrogen-bond donors (Lipinski definition) is 0. The molecule has 0 bridgehead atoms. The fourth-order valence-corrected chi connectivity index (χ4v) is 18.3. The van der Waals surface area contributed by atoms with Gasteiger partial charge < -0.3 is 94.7 Å². The molecule has 0 aromatic heterocycles. The van der Waals surface area contributed by atoms with E-state index in [2.05, 4.69) is 0 Å². The van der Waals surface area contributed by atoms with Crippen molar-refractivity contribution in [3.63, 3.8) is 0 Å². The Morgan fingerprint density at radius 3 is 0.827 bits per heavy atom. The Morgan fingerprint density at radius 1 is 0.205 bits per heavy atom. The first-order valence-corrected chi connectivity index (χ1v) is 44.6. The predicted molar refractivity (Wildman–Crippen MR) is 504 cm³/mol. The van der Waals surface area contributed by atoms with Crippen LogP contribution in [0.1, 0.15) is 16.7 Å². The molecule has 127 heavy (non-hydrogen) atoms. The highest BCUT2D eigenvalue weighted by Gasteiger charge is 2.22. The average molecular weight is 1870 g/mol. The highest BCUT2D eigenvalue weighted by molar-refractivity contribution is 7.57. The molecule has 678 valence electrons. The zero-order chi connectivity index (χ0) is 92.0. The third-order valence-electron chi connectivity index (χ3n) is 17.4. The third kappa shape index (κ3) is 33.1.